The van der Waals surface area contributed by atoms with Crippen LogP contribution in [0.4, 0.5) is 5.13 Å². The highest BCUT2D eigenvalue weighted by Crippen LogP contribution is 2.26. The van der Waals surface area contributed by atoms with Crippen LogP contribution in [0.5, 0.6) is 0 Å². The maximum absolute atomic E-state index is 11.9. The summed E-state index contributed by atoms with van der Waals surface area (Å²) in [6.07, 6.45) is 1.61. The first kappa shape index (κ1) is 14.0. The van der Waals surface area contributed by atoms with Crippen LogP contribution in [0.2, 0.25) is 0 Å². The molecule has 1 saturated heterocycles. The first-order valence-electron chi connectivity index (χ1n) is 6.92. The second-order valence-corrected chi connectivity index (χ2v) is 6.12. The number of nitrogens with one attached hydrogen (secondary N) is 1. The smallest absolute Gasteiger partial charge is 0.275 e. The summed E-state index contributed by atoms with van der Waals surface area (Å²) >= 11 is 1.41. The van der Waals surface area contributed by atoms with Crippen molar-refractivity contribution >= 4 is 27.3 Å². The van der Waals surface area contributed by atoms with Crippen LogP contribution in [-0.4, -0.2) is 40.6 Å². The summed E-state index contributed by atoms with van der Waals surface area (Å²) in [6, 6.07) is 1.48. The number of fused-ring (bicyclic) bond motifs is 1. The summed E-state index contributed by atoms with van der Waals surface area (Å²) in [4.78, 5) is 30.6. The highest BCUT2D eigenvalue weighted by molar-refractivity contribution is 7.20. The lowest BCUT2D eigenvalue weighted by molar-refractivity contribution is -0.125. The Kier molecular flexibility index (Phi) is 3.62. The fourth-order valence-corrected chi connectivity index (χ4v) is 3.58. The third-order valence-corrected chi connectivity index (χ3v) is 4.71. The van der Waals surface area contributed by atoms with E-state index in [2.05, 4.69) is 20.3 Å². The van der Waals surface area contributed by atoms with E-state index in [-0.39, 0.29) is 17.4 Å². The van der Waals surface area contributed by atoms with Gasteiger partial charge in [0.2, 0.25) is 16.0 Å². The van der Waals surface area contributed by atoms with Crippen molar-refractivity contribution in [2.45, 2.75) is 19.8 Å². The lowest BCUT2D eigenvalue weighted by Crippen LogP contribution is -2.39. The quantitative estimate of drug-likeness (QED) is 0.870. The molecule has 21 heavy (non-hydrogen) atoms. The molecule has 8 heteroatoms. The Labute approximate surface area is 125 Å². The van der Waals surface area contributed by atoms with Gasteiger partial charge in [0.05, 0.1) is 0 Å². The number of carbonyl (C=O) groups is 1. The molecule has 3 rings (SSSR count). The van der Waals surface area contributed by atoms with E-state index < -0.39 is 0 Å². The van der Waals surface area contributed by atoms with E-state index in [4.69, 9.17) is 0 Å². The lowest BCUT2D eigenvalue weighted by atomic mass is 9.96. The van der Waals surface area contributed by atoms with Crippen molar-refractivity contribution in [2.75, 3.05) is 25.0 Å². The van der Waals surface area contributed by atoms with Gasteiger partial charge in [-0.2, -0.15) is 4.52 Å². The average Bonchev–Trinajstić information content (AvgIpc) is 2.91. The molecule has 0 spiro atoms. The fraction of sp³-hybridized carbons (Fsp3) is 0.538. The summed E-state index contributed by atoms with van der Waals surface area (Å²) in [6.45, 7) is 3.34. The van der Waals surface area contributed by atoms with Crippen molar-refractivity contribution in [1.29, 1.82) is 0 Å². The standard InChI is InChI=1S/C13H17N5O2S/c1-8-7-10(19)18-12(15-8)21-13(16-18)17-5-3-9(4-6-17)11(20)14-2/h7,9H,3-6H2,1-2H3,(H,14,20). The molecule has 0 unspecified atom stereocenters. The molecule has 2 aromatic rings. The van der Waals surface area contributed by atoms with Crippen LogP contribution < -0.4 is 15.8 Å². The number of hydrogen-bond acceptors (Lipinski definition) is 6. The molecule has 0 bridgehead atoms. The van der Waals surface area contributed by atoms with Crippen molar-refractivity contribution in [3.05, 3.63) is 22.1 Å². The molecule has 1 N–H and O–H groups in total. The van der Waals surface area contributed by atoms with Crippen molar-refractivity contribution in [2.24, 2.45) is 5.92 Å². The minimum Gasteiger partial charge on any atom is -0.359 e. The molecule has 1 amide bonds. The molecule has 0 saturated carbocycles. The second kappa shape index (κ2) is 5.44. The predicted molar refractivity (Wildman–Crippen MR) is 80.9 cm³/mol. The van der Waals surface area contributed by atoms with Crippen molar-refractivity contribution in [1.82, 2.24) is 19.9 Å². The van der Waals surface area contributed by atoms with E-state index in [1.54, 1.807) is 14.0 Å². The topological polar surface area (TPSA) is 79.6 Å². The Morgan fingerprint density at radius 1 is 1.43 bits per heavy atom. The van der Waals surface area contributed by atoms with Crippen LogP contribution in [-0.2, 0) is 4.79 Å². The number of carbonyl (C=O) groups excluding carboxylic acids is 1. The summed E-state index contributed by atoms with van der Waals surface area (Å²) in [7, 11) is 1.67. The predicted octanol–water partition coefficient (Wildman–Crippen LogP) is 0.422. The molecule has 112 valence electrons. The normalized spacial score (nSPS) is 16.4. The molecule has 0 radical (unpaired) electrons. The number of aromatic nitrogens is 3. The number of amides is 1. The zero-order valence-corrected chi connectivity index (χ0v) is 12.8. The van der Waals surface area contributed by atoms with Gasteiger partial charge in [-0.05, 0) is 19.8 Å². The van der Waals surface area contributed by atoms with Gasteiger partial charge in [0.15, 0.2) is 0 Å². The first-order chi connectivity index (χ1) is 10.1. The van der Waals surface area contributed by atoms with Gasteiger partial charge < -0.3 is 10.2 Å². The van der Waals surface area contributed by atoms with Gasteiger partial charge in [0.1, 0.15) is 0 Å². The first-order valence-corrected chi connectivity index (χ1v) is 7.74. The van der Waals surface area contributed by atoms with Crippen LogP contribution >= 0.6 is 11.3 Å². The van der Waals surface area contributed by atoms with E-state index in [0.717, 1.165) is 31.1 Å². The van der Waals surface area contributed by atoms with Crippen LogP contribution in [0, 0.1) is 12.8 Å². The Morgan fingerprint density at radius 2 is 2.14 bits per heavy atom. The monoisotopic (exact) mass is 307 g/mol. The van der Waals surface area contributed by atoms with Gasteiger partial charge in [-0.3, -0.25) is 9.59 Å². The Bertz CT molecular complexity index is 730. The van der Waals surface area contributed by atoms with Gasteiger partial charge in [0, 0.05) is 37.8 Å². The number of anilines is 1. The molecule has 7 nitrogen and oxygen atoms in total. The Hall–Kier alpha value is -1.96. The van der Waals surface area contributed by atoms with Crippen molar-refractivity contribution in [3.8, 4) is 0 Å². The molecule has 1 fully saturated rings. The van der Waals surface area contributed by atoms with Crippen molar-refractivity contribution < 1.29 is 4.79 Å². The van der Waals surface area contributed by atoms with Gasteiger partial charge in [-0.15, -0.1) is 5.10 Å². The Balaban J connectivity index is 1.81. The highest BCUT2D eigenvalue weighted by atomic mass is 32.1. The minimum atomic E-state index is -0.153. The summed E-state index contributed by atoms with van der Waals surface area (Å²) in [5.74, 6) is 0.177. The summed E-state index contributed by atoms with van der Waals surface area (Å²) in [5.41, 5.74) is 0.550. The van der Waals surface area contributed by atoms with Gasteiger partial charge >= 0.3 is 0 Å². The SMILES string of the molecule is CNC(=O)C1CCN(c2nn3c(=O)cc(C)nc3s2)CC1. The van der Waals surface area contributed by atoms with E-state index in [1.807, 2.05) is 0 Å². The maximum Gasteiger partial charge on any atom is 0.275 e. The van der Waals surface area contributed by atoms with Crippen LogP contribution in [0.3, 0.4) is 0 Å². The molecular weight excluding hydrogens is 290 g/mol. The fourth-order valence-electron chi connectivity index (χ4n) is 2.58. The Morgan fingerprint density at radius 3 is 2.81 bits per heavy atom. The number of hydrogen-bond donors (Lipinski definition) is 1. The van der Waals surface area contributed by atoms with Crippen molar-refractivity contribution in [3.63, 3.8) is 0 Å². The lowest BCUT2D eigenvalue weighted by Gasteiger charge is -2.30. The van der Waals surface area contributed by atoms with E-state index in [9.17, 15) is 9.59 Å². The number of nitrogens with zero attached hydrogens (tertiary/aromatic N) is 4. The molecule has 0 aliphatic carbocycles. The third kappa shape index (κ3) is 2.63. The second-order valence-electron chi connectivity index (χ2n) is 5.19. The van der Waals surface area contributed by atoms with E-state index in [1.165, 1.54) is 21.9 Å². The zero-order valence-electron chi connectivity index (χ0n) is 12.0. The molecule has 1 aliphatic rings. The van der Waals surface area contributed by atoms with Crippen LogP contribution in [0.1, 0.15) is 18.5 Å². The zero-order chi connectivity index (χ0) is 15.0. The third-order valence-electron chi connectivity index (χ3n) is 3.75. The molecule has 3 heterocycles. The van der Waals surface area contributed by atoms with Crippen LogP contribution in [0.25, 0.3) is 4.96 Å². The number of rotatable bonds is 2. The average molecular weight is 307 g/mol. The summed E-state index contributed by atoms with van der Waals surface area (Å²) in [5, 5.41) is 7.84. The number of aryl methyl sites for hydroxylation is 1. The van der Waals surface area contributed by atoms with Gasteiger partial charge in [-0.1, -0.05) is 11.3 Å². The molecular formula is C13H17N5O2S. The molecule has 0 atom stereocenters. The van der Waals surface area contributed by atoms with E-state index >= 15 is 0 Å². The minimum absolute atomic E-state index is 0.0729. The number of piperidine rings is 1. The van der Waals surface area contributed by atoms with Crippen LogP contribution in [0.15, 0.2) is 10.9 Å². The molecule has 2 aromatic heterocycles. The van der Waals surface area contributed by atoms with Gasteiger partial charge in [-0.25, -0.2) is 4.98 Å². The molecule has 1 aliphatic heterocycles. The maximum atomic E-state index is 11.9. The van der Waals surface area contributed by atoms with E-state index in [0.29, 0.717) is 10.7 Å². The largest absolute Gasteiger partial charge is 0.359 e. The summed E-state index contributed by atoms with van der Waals surface area (Å²) < 4.78 is 1.35. The molecule has 0 aromatic carbocycles. The highest BCUT2D eigenvalue weighted by Gasteiger charge is 2.26. The van der Waals surface area contributed by atoms with Gasteiger partial charge in [0.25, 0.3) is 5.56 Å².